The smallest absolute Gasteiger partial charge is 0.267 e. The minimum Gasteiger partial charge on any atom is -0.497 e. The molecule has 0 spiro atoms. The number of nitrogens with one attached hydrogen (secondary N) is 1. The van der Waals surface area contributed by atoms with Gasteiger partial charge in [0, 0.05) is 17.3 Å². The summed E-state index contributed by atoms with van der Waals surface area (Å²) >= 11 is 0. The first kappa shape index (κ1) is 21.3. The van der Waals surface area contributed by atoms with E-state index in [1.165, 1.54) is 10.7 Å². The van der Waals surface area contributed by atoms with Gasteiger partial charge in [-0.2, -0.15) is 5.10 Å². The average Bonchev–Trinajstić information content (AvgIpc) is 2.73. The highest BCUT2D eigenvalue weighted by atomic mass is 16.5. The van der Waals surface area contributed by atoms with Crippen molar-refractivity contribution < 1.29 is 9.53 Å². The predicted molar refractivity (Wildman–Crippen MR) is 119 cm³/mol. The summed E-state index contributed by atoms with van der Waals surface area (Å²) in [5, 5.41) is 7.40. The summed E-state index contributed by atoms with van der Waals surface area (Å²) in [5.74, 6) is 0.390. The lowest BCUT2D eigenvalue weighted by Crippen LogP contribution is -2.33. The van der Waals surface area contributed by atoms with Crippen LogP contribution in [0.1, 0.15) is 39.3 Å². The van der Waals surface area contributed by atoms with E-state index in [2.05, 4.69) is 31.2 Å². The molecule has 0 fully saturated rings. The second-order valence-electron chi connectivity index (χ2n) is 8.19. The Bertz CT molecular complexity index is 1110. The first-order chi connectivity index (χ1) is 14.2. The number of nitrogens with zero attached hydrogens (tertiary/aromatic N) is 2. The molecule has 1 heterocycles. The predicted octanol–water partition coefficient (Wildman–Crippen LogP) is 4.42. The van der Waals surface area contributed by atoms with Crippen molar-refractivity contribution in [2.45, 2.75) is 39.2 Å². The van der Waals surface area contributed by atoms with Crippen LogP contribution in [0.4, 0.5) is 5.69 Å². The molecule has 1 N–H and O–H groups in total. The summed E-state index contributed by atoms with van der Waals surface area (Å²) in [6, 6.07) is 17.4. The van der Waals surface area contributed by atoms with Gasteiger partial charge in [-0.25, -0.2) is 4.68 Å². The van der Waals surface area contributed by atoms with Gasteiger partial charge in [-0.05, 0) is 42.2 Å². The lowest BCUT2D eigenvalue weighted by molar-refractivity contribution is -0.119. The lowest BCUT2D eigenvalue weighted by Gasteiger charge is -2.24. The highest BCUT2D eigenvalue weighted by Gasteiger charge is 2.22. The van der Waals surface area contributed by atoms with Gasteiger partial charge in [-0.3, -0.25) is 9.59 Å². The zero-order valence-electron chi connectivity index (χ0n) is 18.0. The van der Waals surface area contributed by atoms with Crippen LogP contribution >= 0.6 is 0 Å². The number of para-hydroxylation sites is 1. The maximum atomic E-state index is 13.0. The zero-order valence-corrected chi connectivity index (χ0v) is 18.0. The van der Waals surface area contributed by atoms with Crippen LogP contribution in [0.3, 0.4) is 0 Å². The van der Waals surface area contributed by atoms with Crippen LogP contribution in [0.5, 0.6) is 5.75 Å². The van der Waals surface area contributed by atoms with E-state index in [4.69, 9.17) is 4.74 Å². The van der Waals surface area contributed by atoms with Gasteiger partial charge < -0.3 is 10.1 Å². The number of aromatic nitrogens is 2. The molecular weight excluding hydrogens is 378 g/mol. The Morgan fingerprint density at radius 2 is 1.80 bits per heavy atom. The van der Waals surface area contributed by atoms with Crippen LogP contribution in [-0.2, 0) is 10.2 Å². The Balaban J connectivity index is 1.91. The maximum absolute atomic E-state index is 13.0. The molecule has 30 heavy (non-hydrogen) atoms. The molecule has 6 nitrogen and oxygen atoms in total. The van der Waals surface area contributed by atoms with Crippen LogP contribution in [0.15, 0.2) is 65.5 Å². The molecule has 0 aliphatic carbocycles. The molecular formula is C24H27N3O3. The molecule has 0 aliphatic rings. The normalized spacial score (nSPS) is 12.3. The largest absolute Gasteiger partial charge is 0.497 e. The fourth-order valence-corrected chi connectivity index (χ4v) is 3.23. The fourth-order valence-electron chi connectivity index (χ4n) is 3.23. The third-order valence-corrected chi connectivity index (χ3v) is 4.93. The number of ether oxygens (including phenoxy) is 1. The first-order valence-electron chi connectivity index (χ1n) is 9.85. The lowest BCUT2D eigenvalue weighted by atomic mass is 9.86. The summed E-state index contributed by atoms with van der Waals surface area (Å²) in [6.45, 7) is 7.93. The van der Waals surface area contributed by atoms with Crippen molar-refractivity contribution in [1.29, 1.82) is 0 Å². The molecule has 1 unspecified atom stereocenters. The number of hydrogen-bond donors (Lipinski definition) is 1. The molecule has 1 atom stereocenters. The van der Waals surface area contributed by atoms with Crippen LogP contribution in [0, 0.1) is 0 Å². The molecule has 0 saturated carbocycles. The second kappa shape index (κ2) is 8.53. The number of benzene rings is 2. The number of methoxy groups -OCH3 is 1. The molecule has 0 bridgehead atoms. The molecule has 0 saturated heterocycles. The quantitative estimate of drug-likeness (QED) is 0.682. The van der Waals surface area contributed by atoms with Crippen LogP contribution in [0.25, 0.3) is 11.3 Å². The van der Waals surface area contributed by atoms with Gasteiger partial charge in [0.1, 0.15) is 11.8 Å². The first-order valence-corrected chi connectivity index (χ1v) is 9.85. The zero-order chi connectivity index (χ0) is 21.9. The van der Waals surface area contributed by atoms with Gasteiger partial charge in [0.25, 0.3) is 5.56 Å². The Kier molecular flexibility index (Phi) is 6.06. The van der Waals surface area contributed by atoms with Gasteiger partial charge in [0.2, 0.25) is 5.91 Å². The molecule has 3 rings (SSSR count). The van der Waals surface area contributed by atoms with Crippen molar-refractivity contribution >= 4 is 11.6 Å². The number of carbonyl (C=O) groups excluding carboxylic acids is 1. The number of anilines is 1. The monoisotopic (exact) mass is 405 g/mol. The van der Waals surface area contributed by atoms with Crippen LogP contribution < -0.4 is 15.6 Å². The van der Waals surface area contributed by atoms with Crippen molar-refractivity contribution in [2.75, 3.05) is 12.4 Å². The number of amides is 1. The molecule has 156 valence electrons. The Morgan fingerprint density at radius 1 is 1.07 bits per heavy atom. The van der Waals surface area contributed by atoms with E-state index < -0.39 is 6.04 Å². The van der Waals surface area contributed by atoms with E-state index in [1.54, 1.807) is 20.1 Å². The van der Waals surface area contributed by atoms with E-state index in [9.17, 15) is 9.59 Å². The van der Waals surface area contributed by atoms with Crippen LogP contribution in [0.2, 0.25) is 0 Å². The van der Waals surface area contributed by atoms with Gasteiger partial charge in [-0.15, -0.1) is 0 Å². The fraction of sp³-hybridized carbons (Fsp3) is 0.292. The van der Waals surface area contributed by atoms with Crippen molar-refractivity contribution in [2.24, 2.45) is 0 Å². The van der Waals surface area contributed by atoms with Gasteiger partial charge in [0.05, 0.1) is 12.8 Å². The van der Waals surface area contributed by atoms with Crippen molar-refractivity contribution in [3.63, 3.8) is 0 Å². The standard InChI is InChI=1S/C24H27N3O3/c1-16(23(29)25-21-12-7-6-11-19(21)24(2,3)4)27-22(28)14-13-20(26-27)17-9-8-10-18(15-17)30-5/h6-16H,1-5H3,(H,25,29). The van der Waals surface area contributed by atoms with Crippen molar-refractivity contribution in [3.8, 4) is 17.0 Å². The van der Waals surface area contributed by atoms with E-state index >= 15 is 0 Å². The SMILES string of the molecule is COc1cccc(-c2ccc(=O)n(C(C)C(=O)Nc3ccccc3C(C)(C)C)n2)c1. The Labute approximate surface area is 176 Å². The molecule has 1 amide bonds. The van der Waals surface area contributed by atoms with E-state index in [0.717, 1.165) is 16.8 Å². The molecule has 0 radical (unpaired) electrons. The number of hydrogen-bond acceptors (Lipinski definition) is 4. The summed E-state index contributed by atoms with van der Waals surface area (Å²) in [6.07, 6.45) is 0. The average molecular weight is 405 g/mol. The minimum absolute atomic E-state index is 0.130. The summed E-state index contributed by atoms with van der Waals surface area (Å²) in [5.41, 5.74) is 2.68. The van der Waals surface area contributed by atoms with Gasteiger partial charge in [0.15, 0.2) is 0 Å². The summed E-state index contributed by atoms with van der Waals surface area (Å²) < 4.78 is 6.47. The number of carbonyl (C=O) groups is 1. The minimum atomic E-state index is -0.781. The summed E-state index contributed by atoms with van der Waals surface area (Å²) in [7, 11) is 1.59. The summed E-state index contributed by atoms with van der Waals surface area (Å²) in [4.78, 5) is 25.4. The third kappa shape index (κ3) is 4.59. The highest BCUT2D eigenvalue weighted by Crippen LogP contribution is 2.29. The van der Waals surface area contributed by atoms with Crippen LogP contribution in [-0.4, -0.2) is 22.8 Å². The molecule has 2 aromatic carbocycles. The second-order valence-corrected chi connectivity index (χ2v) is 8.19. The topological polar surface area (TPSA) is 73.2 Å². The third-order valence-electron chi connectivity index (χ3n) is 4.93. The highest BCUT2D eigenvalue weighted by molar-refractivity contribution is 5.94. The van der Waals surface area contributed by atoms with Gasteiger partial charge >= 0.3 is 0 Å². The van der Waals surface area contributed by atoms with Crippen molar-refractivity contribution in [1.82, 2.24) is 9.78 Å². The Morgan fingerprint density at radius 3 is 2.50 bits per heavy atom. The maximum Gasteiger partial charge on any atom is 0.267 e. The number of rotatable bonds is 5. The van der Waals surface area contributed by atoms with Crippen molar-refractivity contribution in [3.05, 3.63) is 76.6 Å². The Hall–Kier alpha value is -3.41. The molecule has 1 aromatic heterocycles. The van der Waals surface area contributed by atoms with E-state index in [1.807, 2.05) is 48.5 Å². The molecule has 3 aromatic rings. The van der Waals surface area contributed by atoms with E-state index in [0.29, 0.717) is 11.4 Å². The van der Waals surface area contributed by atoms with Gasteiger partial charge in [-0.1, -0.05) is 51.1 Å². The van der Waals surface area contributed by atoms with E-state index in [-0.39, 0.29) is 16.9 Å². The molecule has 0 aliphatic heterocycles. The molecule has 6 heteroatoms.